The maximum atomic E-state index is 13.3. The van der Waals surface area contributed by atoms with Crippen LogP contribution >= 0.6 is 0 Å². The first-order chi connectivity index (χ1) is 19.4. The smallest absolute Gasteiger partial charge is 0.310 e. The van der Waals surface area contributed by atoms with Crippen LogP contribution in [0.25, 0.3) is 6.08 Å². The number of fused-ring (bicyclic) bond motifs is 3. The number of benzene rings is 3. The van der Waals surface area contributed by atoms with E-state index in [1.165, 1.54) is 32.4 Å². The van der Waals surface area contributed by atoms with Gasteiger partial charge in [-0.1, -0.05) is 12.1 Å². The Hall–Kier alpha value is -4.73. The summed E-state index contributed by atoms with van der Waals surface area (Å²) < 4.78 is 40.9. The van der Waals surface area contributed by atoms with Crippen molar-refractivity contribution in [3.05, 3.63) is 82.7 Å². The fourth-order valence-electron chi connectivity index (χ4n) is 5.79. The average molecular weight is 548 g/mol. The number of halogens is 1. The molecular formula is C30H26FNO8. The molecule has 0 unspecified atom stereocenters. The number of nitrogens with one attached hydrogen (secondary N) is 1. The Kier molecular flexibility index (Phi) is 6.45. The summed E-state index contributed by atoms with van der Waals surface area (Å²) in [7, 11) is 2.87. The second kappa shape index (κ2) is 10.1. The maximum Gasteiger partial charge on any atom is 0.310 e. The first kappa shape index (κ1) is 25.5. The number of cyclic esters (lactones) is 1. The molecule has 0 spiro atoms. The molecule has 2 heterocycles. The second-order valence-electron chi connectivity index (χ2n) is 9.78. The third-order valence-electron chi connectivity index (χ3n) is 7.64. The Balaban J connectivity index is 1.44. The minimum Gasteiger partial charge on any atom is -0.502 e. The molecule has 0 aromatic heterocycles. The van der Waals surface area contributed by atoms with E-state index >= 15 is 0 Å². The van der Waals surface area contributed by atoms with Crippen LogP contribution < -0.4 is 24.3 Å². The molecule has 3 aromatic rings. The molecule has 0 saturated carbocycles. The molecule has 6 rings (SSSR count). The van der Waals surface area contributed by atoms with E-state index in [2.05, 4.69) is 5.32 Å². The minimum absolute atomic E-state index is 0.0517. The van der Waals surface area contributed by atoms with Gasteiger partial charge in [-0.15, -0.1) is 0 Å². The summed E-state index contributed by atoms with van der Waals surface area (Å²) in [5, 5.41) is 13.6. The van der Waals surface area contributed by atoms with Gasteiger partial charge in [0.2, 0.25) is 18.4 Å². The zero-order valence-electron chi connectivity index (χ0n) is 21.7. The number of ether oxygens (including phenoxy) is 5. The second-order valence-corrected chi connectivity index (χ2v) is 9.78. The van der Waals surface area contributed by atoms with Crippen molar-refractivity contribution in [2.45, 2.75) is 12.0 Å². The monoisotopic (exact) mass is 547 g/mol. The van der Waals surface area contributed by atoms with Crippen molar-refractivity contribution in [3.8, 4) is 28.7 Å². The van der Waals surface area contributed by atoms with Crippen molar-refractivity contribution in [3.63, 3.8) is 0 Å². The summed E-state index contributed by atoms with van der Waals surface area (Å²) in [6.45, 7) is 0.156. The Labute approximate surface area is 229 Å². The summed E-state index contributed by atoms with van der Waals surface area (Å²) in [6.07, 6.45) is 2.96. The van der Waals surface area contributed by atoms with Crippen LogP contribution in [0.5, 0.6) is 28.7 Å². The number of hydrogen-bond acceptors (Lipinski definition) is 8. The molecule has 40 heavy (non-hydrogen) atoms. The standard InChI is InChI=1S/C30H26FNO8/c1-36-23-9-16(10-24(37-2)29(23)34)26-18-11-21-22(40-14-39-21)12-19(18)28(20-13-38-30(35)27(20)26)32-25(33)8-5-15-3-6-17(31)7-4-15/h3-12,20,26-28,34H,13-14H2,1-2H3,(H,32,33)/b8-5+/t20-,26+,27-,28+/m0/s1. The van der Waals surface area contributed by atoms with E-state index in [0.717, 1.165) is 11.1 Å². The predicted octanol–water partition coefficient (Wildman–Crippen LogP) is 4.08. The molecule has 0 bridgehead atoms. The lowest BCUT2D eigenvalue weighted by atomic mass is 9.65. The van der Waals surface area contributed by atoms with Crippen molar-refractivity contribution in [1.29, 1.82) is 0 Å². The summed E-state index contributed by atoms with van der Waals surface area (Å²) >= 11 is 0. The first-order valence-corrected chi connectivity index (χ1v) is 12.7. The van der Waals surface area contributed by atoms with Gasteiger partial charge in [-0.25, -0.2) is 4.39 Å². The number of carbonyl (C=O) groups excluding carboxylic acids is 2. The van der Waals surface area contributed by atoms with Gasteiger partial charge in [0.25, 0.3) is 0 Å². The van der Waals surface area contributed by atoms with Gasteiger partial charge in [0.15, 0.2) is 23.0 Å². The van der Waals surface area contributed by atoms with Crippen molar-refractivity contribution >= 4 is 18.0 Å². The first-order valence-electron chi connectivity index (χ1n) is 12.7. The Morgan fingerprint density at radius 1 is 1.00 bits per heavy atom. The molecule has 2 aliphatic heterocycles. The molecule has 2 N–H and O–H groups in total. The van der Waals surface area contributed by atoms with Crippen molar-refractivity contribution in [2.75, 3.05) is 27.6 Å². The number of phenolic OH excluding ortho intramolecular Hbond substituents is 1. The Morgan fingerprint density at radius 2 is 1.65 bits per heavy atom. The van der Waals surface area contributed by atoms with E-state index in [1.807, 2.05) is 12.1 Å². The molecule has 0 radical (unpaired) electrons. The summed E-state index contributed by atoms with van der Waals surface area (Å²) in [5.41, 5.74) is 2.83. The van der Waals surface area contributed by atoms with Crippen LogP contribution in [0.2, 0.25) is 0 Å². The van der Waals surface area contributed by atoms with Crippen LogP contribution in [-0.2, 0) is 14.3 Å². The summed E-state index contributed by atoms with van der Waals surface area (Å²) in [5.74, 6) is -1.44. The molecule has 4 atom stereocenters. The zero-order valence-corrected chi connectivity index (χ0v) is 21.7. The van der Waals surface area contributed by atoms with Crippen LogP contribution in [0.3, 0.4) is 0 Å². The highest BCUT2D eigenvalue weighted by molar-refractivity contribution is 5.92. The van der Waals surface area contributed by atoms with Gasteiger partial charge in [0, 0.05) is 17.9 Å². The highest BCUT2D eigenvalue weighted by Crippen LogP contribution is 2.55. The van der Waals surface area contributed by atoms with Gasteiger partial charge in [0.05, 0.1) is 32.8 Å². The van der Waals surface area contributed by atoms with E-state index in [4.69, 9.17) is 23.7 Å². The molecule has 3 aliphatic rings. The lowest BCUT2D eigenvalue weighted by molar-refractivity contribution is -0.141. The van der Waals surface area contributed by atoms with E-state index in [0.29, 0.717) is 22.6 Å². The Morgan fingerprint density at radius 3 is 2.30 bits per heavy atom. The lowest BCUT2D eigenvalue weighted by Crippen LogP contribution is -2.42. The van der Waals surface area contributed by atoms with Gasteiger partial charge in [-0.05, 0) is 64.7 Å². The van der Waals surface area contributed by atoms with Crippen LogP contribution in [-0.4, -0.2) is 44.6 Å². The van der Waals surface area contributed by atoms with Gasteiger partial charge in [-0.2, -0.15) is 0 Å². The molecule has 206 valence electrons. The molecule has 1 fully saturated rings. The van der Waals surface area contributed by atoms with Crippen molar-refractivity contribution < 1.29 is 42.8 Å². The Bertz CT molecular complexity index is 1490. The number of carbonyl (C=O) groups is 2. The molecule has 10 heteroatoms. The molecule has 1 amide bonds. The SMILES string of the molecule is COc1cc([C@@H]2c3cc4c(cc3[C@@H](NC(=O)/C=C/c3ccc(F)cc3)[C@H]3COC(=O)[C@H]23)OCO4)cc(OC)c1O. The highest BCUT2D eigenvalue weighted by atomic mass is 19.1. The number of aromatic hydroxyl groups is 1. The average Bonchev–Trinajstić information content (AvgIpc) is 3.58. The van der Waals surface area contributed by atoms with E-state index < -0.39 is 29.8 Å². The van der Waals surface area contributed by atoms with Crippen molar-refractivity contribution in [2.24, 2.45) is 11.8 Å². The van der Waals surface area contributed by atoms with Gasteiger partial charge in [0.1, 0.15) is 5.82 Å². The number of amides is 1. The van der Waals surface area contributed by atoms with Crippen molar-refractivity contribution in [1.82, 2.24) is 5.32 Å². The number of hydrogen-bond donors (Lipinski definition) is 2. The number of esters is 1. The van der Waals surface area contributed by atoms with Crippen LogP contribution in [0.1, 0.15) is 34.2 Å². The normalized spacial score (nSPS) is 22.4. The topological polar surface area (TPSA) is 113 Å². The van der Waals surface area contributed by atoms with Crippen LogP contribution in [0, 0.1) is 17.7 Å². The van der Waals surface area contributed by atoms with Crippen LogP contribution in [0.4, 0.5) is 4.39 Å². The van der Waals surface area contributed by atoms with E-state index in [-0.39, 0.29) is 42.4 Å². The number of rotatable bonds is 6. The van der Waals surface area contributed by atoms with E-state index in [9.17, 15) is 19.1 Å². The zero-order chi connectivity index (χ0) is 28.0. The quantitative estimate of drug-likeness (QED) is 0.351. The summed E-state index contributed by atoms with van der Waals surface area (Å²) in [4.78, 5) is 26.3. The minimum atomic E-state index is -0.654. The lowest BCUT2D eigenvalue weighted by Gasteiger charge is -2.39. The van der Waals surface area contributed by atoms with E-state index in [1.54, 1.807) is 30.3 Å². The molecular weight excluding hydrogens is 521 g/mol. The fraction of sp³-hybridized carbons (Fsp3) is 0.267. The molecule has 9 nitrogen and oxygen atoms in total. The molecule has 3 aromatic carbocycles. The van der Waals surface area contributed by atoms with Gasteiger partial charge >= 0.3 is 5.97 Å². The third-order valence-corrected chi connectivity index (χ3v) is 7.64. The fourth-order valence-corrected chi connectivity index (χ4v) is 5.79. The maximum absolute atomic E-state index is 13.3. The number of methoxy groups -OCH3 is 2. The number of phenols is 1. The molecule has 1 aliphatic carbocycles. The van der Waals surface area contributed by atoms with Gasteiger partial charge < -0.3 is 34.1 Å². The van der Waals surface area contributed by atoms with Crippen LogP contribution in [0.15, 0.2) is 54.6 Å². The third kappa shape index (κ3) is 4.35. The summed E-state index contributed by atoms with van der Waals surface area (Å²) in [6, 6.07) is 12.2. The molecule has 1 saturated heterocycles. The highest BCUT2D eigenvalue weighted by Gasteiger charge is 2.53. The largest absolute Gasteiger partial charge is 0.502 e. The van der Waals surface area contributed by atoms with Gasteiger partial charge in [-0.3, -0.25) is 9.59 Å². The predicted molar refractivity (Wildman–Crippen MR) is 140 cm³/mol.